The zero-order valence-corrected chi connectivity index (χ0v) is 13.4. The van der Waals surface area contributed by atoms with E-state index in [1.54, 1.807) is 0 Å². The van der Waals surface area contributed by atoms with E-state index in [1.165, 1.54) is 35.1 Å². The maximum absolute atomic E-state index is 10.9. The second kappa shape index (κ2) is 4.54. The Bertz CT molecular complexity index is 442. The Balaban J connectivity index is 2.78. The van der Waals surface area contributed by atoms with Crippen LogP contribution in [0.1, 0.15) is 76.6 Å². The summed E-state index contributed by atoms with van der Waals surface area (Å²) in [6, 6.07) is 2.37. The first-order valence-electron chi connectivity index (χ1n) is 7.51. The van der Waals surface area contributed by atoms with Crippen molar-refractivity contribution >= 4 is 0 Å². The number of phenols is 1. The molecule has 0 radical (unpaired) electrons. The Morgan fingerprint density at radius 3 is 1.47 bits per heavy atom. The minimum absolute atomic E-state index is 0.00227. The summed E-state index contributed by atoms with van der Waals surface area (Å²) in [6.45, 7) is 13.2. The minimum Gasteiger partial charge on any atom is -0.507 e. The number of fused-ring (bicyclic) bond motifs is 2. The molecule has 19 heavy (non-hydrogen) atoms. The highest BCUT2D eigenvalue weighted by Crippen LogP contribution is 2.44. The molecule has 1 nitrogen and oxygen atoms in total. The van der Waals surface area contributed by atoms with Crippen LogP contribution in [-0.4, -0.2) is 5.11 Å². The third-order valence-corrected chi connectivity index (χ3v) is 4.11. The van der Waals surface area contributed by atoms with E-state index in [0.717, 1.165) is 12.8 Å². The second-order valence-corrected chi connectivity index (χ2v) is 8.00. The fourth-order valence-electron chi connectivity index (χ4n) is 3.48. The highest BCUT2D eigenvalue weighted by atomic mass is 16.3. The lowest BCUT2D eigenvalue weighted by Crippen LogP contribution is -2.20. The molecule has 1 N–H and O–H groups in total. The van der Waals surface area contributed by atoms with E-state index in [4.69, 9.17) is 0 Å². The van der Waals surface area contributed by atoms with Crippen LogP contribution in [0.2, 0.25) is 0 Å². The van der Waals surface area contributed by atoms with Crippen molar-refractivity contribution in [2.45, 2.75) is 78.1 Å². The maximum atomic E-state index is 10.9. The number of aromatic hydroxyl groups is 1. The van der Waals surface area contributed by atoms with Crippen LogP contribution in [0.5, 0.6) is 5.75 Å². The normalized spacial score (nSPS) is 16.3. The fraction of sp³-hybridized carbons (Fsp3) is 0.667. The standard InChI is InChI=1S/C18H28O/c1-17(2,3)14-12-9-7-8-10-13(11-12)15(16(14)19)18(4,5)6/h11,19H,7-10H2,1-6H3. The van der Waals surface area contributed by atoms with Crippen LogP contribution in [0.15, 0.2) is 6.07 Å². The second-order valence-electron chi connectivity index (χ2n) is 8.00. The number of aryl methyl sites for hydroxylation is 2. The molecule has 0 saturated heterocycles. The molecular weight excluding hydrogens is 232 g/mol. The summed E-state index contributed by atoms with van der Waals surface area (Å²) in [7, 11) is 0. The largest absolute Gasteiger partial charge is 0.507 e. The molecule has 0 amide bonds. The van der Waals surface area contributed by atoms with Gasteiger partial charge in [0.2, 0.25) is 0 Å². The summed E-state index contributed by atoms with van der Waals surface area (Å²) in [4.78, 5) is 0. The topological polar surface area (TPSA) is 20.2 Å². The molecule has 1 heteroatoms. The highest BCUT2D eigenvalue weighted by molar-refractivity contribution is 5.56. The van der Waals surface area contributed by atoms with Gasteiger partial charge in [0.1, 0.15) is 5.75 Å². The smallest absolute Gasteiger partial charge is 0.123 e. The van der Waals surface area contributed by atoms with Crippen LogP contribution in [0.3, 0.4) is 0 Å². The fourth-order valence-corrected chi connectivity index (χ4v) is 3.48. The van der Waals surface area contributed by atoms with Crippen LogP contribution < -0.4 is 0 Å². The minimum atomic E-state index is 0.00227. The van der Waals surface area contributed by atoms with E-state index < -0.39 is 0 Å². The van der Waals surface area contributed by atoms with Crippen molar-refractivity contribution in [3.63, 3.8) is 0 Å². The summed E-state index contributed by atoms with van der Waals surface area (Å²) in [5.74, 6) is 0.564. The molecule has 0 atom stereocenters. The van der Waals surface area contributed by atoms with E-state index >= 15 is 0 Å². The lowest BCUT2D eigenvalue weighted by molar-refractivity contribution is 0.420. The maximum Gasteiger partial charge on any atom is 0.123 e. The van der Waals surface area contributed by atoms with Crippen LogP contribution in [0.4, 0.5) is 0 Å². The first-order chi connectivity index (χ1) is 8.62. The average molecular weight is 260 g/mol. The van der Waals surface area contributed by atoms with Crippen molar-refractivity contribution < 1.29 is 5.11 Å². The van der Waals surface area contributed by atoms with Gasteiger partial charge in [-0.3, -0.25) is 0 Å². The predicted molar refractivity (Wildman–Crippen MR) is 82.1 cm³/mol. The first-order valence-corrected chi connectivity index (χ1v) is 7.51. The monoisotopic (exact) mass is 260 g/mol. The molecular formula is C18H28O. The summed E-state index contributed by atoms with van der Waals surface area (Å²) < 4.78 is 0. The Hall–Kier alpha value is -0.980. The van der Waals surface area contributed by atoms with Crippen LogP contribution >= 0.6 is 0 Å². The molecule has 0 spiro atoms. The highest BCUT2D eigenvalue weighted by Gasteiger charge is 2.31. The van der Waals surface area contributed by atoms with Crippen molar-refractivity contribution in [3.05, 3.63) is 28.3 Å². The summed E-state index contributed by atoms with van der Waals surface area (Å²) in [5.41, 5.74) is 5.08. The average Bonchev–Trinajstić information content (AvgIpc) is 2.37. The first kappa shape index (κ1) is 14.4. The molecule has 0 fully saturated rings. The van der Waals surface area contributed by atoms with Gasteiger partial charge in [-0.25, -0.2) is 0 Å². The van der Waals surface area contributed by atoms with Gasteiger partial charge < -0.3 is 5.11 Å². The molecule has 1 aliphatic rings. The van der Waals surface area contributed by atoms with E-state index in [1.807, 2.05) is 0 Å². The van der Waals surface area contributed by atoms with Crippen molar-refractivity contribution in [2.24, 2.45) is 0 Å². The number of phenolic OH excluding ortho intramolecular Hbond substituents is 1. The van der Waals surface area contributed by atoms with Gasteiger partial charge >= 0.3 is 0 Å². The molecule has 2 rings (SSSR count). The molecule has 0 heterocycles. The van der Waals surface area contributed by atoms with Crippen LogP contribution in [0, 0.1) is 0 Å². The lowest BCUT2D eigenvalue weighted by atomic mass is 9.75. The number of benzene rings is 1. The summed E-state index contributed by atoms with van der Waals surface area (Å²) in [6.07, 6.45) is 4.69. The molecule has 0 saturated carbocycles. The molecule has 1 aromatic carbocycles. The van der Waals surface area contributed by atoms with E-state index in [9.17, 15) is 5.11 Å². The van der Waals surface area contributed by atoms with Crippen LogP contribution in [0.25, 0.3) is 0 Å². The van der Waals surface area contributed by atoms with E-state index in [0.29, 0.717) is 5.75 Å². The lowest BCUT2D eigenvalue weighted by Gasteiger charge is -2.31. The molecule has 0 aliphatic heterocycles. The van der Waals surface area contributed by atoms with Crippen molar-refractivity contribution in [2.75, 3.05) is 0 Å². The quantitative estimate of drug-likeness (QED) is 0.706. The number of hydrogen-bond acceptors (Lipinski definition) is 1. The third kappa shape index (κ3) is 2.66. The predicted octanol–water partition coefficient (Wildman–Crippen LogP) is 4.87. The van der Waals surface area contributed by atoms with Gasteiger partial charge in [-0.05, 0) is 47.6 Å². The van der Waals surface area contributed by atoms with Crippen molar-refractivity contribution in [1.29, 1.82) is 0 Å². The zero-order chi connectivity index (χ0) is 14.4. The van der Waals surface area contributed by atoms with Gasteiger partial charge in [0.15, 0.2) is 0 Å². The Kier molecular flexibility index (Phi) is 3.45. The Morgan fingerprint density at radius 1 is 0.789 bits per heavy atom. The molecule has 1 aliphatic carbocycles. The summed E-state index contributed by atoms with van der Waals surface area (Å²) >= 11 is 0. The van der Waals surface area contributed by atoms with E-state index in [2.05, 4.69) is 47.6 Å². The number of rotatable bonds is 0. The Labute approximate surface area is 118 Å². The van der Waals surface area contributed by atoms with Gasteiger partial charge in [-0.1, -0.05) is 47.6 Å². The van der Waals surface area contributed by atoms with Gasteiger partial charge in [-0.2, -0.15) is 0 Å². The zero-order valence-electron chi connectivity index (χ0n) is 13.4. The van der Waals surface area contributed by atoms with Gasteiger partial charge in [0, 0.05) is 11.1 Å². The van der Waals surface area contributed by atoms with Gasteiger partial charge in [0.05, 0.1) is 0 Å². The summed E-state index contributed by atoms with van der Waals surface area (Å²) in [5, 5.41) is 10.9. The molecule has 1 aromatic rings. The van der Waals surface area contributed by atoms with Crippen molar-refractivity contribution in [1.82, 2.24) is 0 Å². The van der Waals surface area contributed by atoms with E-state index in [-0.39, 0.29) is 10.8 Å². The molecule has 2 bridgehead atoms. The van der Waals surface area contributed by atoms with Crippen molar-refractivity contribution in [3.8, 4) is 5.75 Å². The molecule has 106 valence electrons. The number of hydrogen-bond donors (Lipinski definition) is 1. The molecule has 0 unspecified atom stereocenters. The third-order valence-electron chi connectivity index (χ3n) is 4.11. The molecule has 0 aromatic heterocycles. The SMILES string of the molecule is CC(C)(C)c1c2cc(c(C(C)(C)C)c1O)CCCC2. The van der Waals surface area contributed by atoms with Gasteiger partial charge in [0.25, 0.3) is 0 Å². The van der Waals surface area contributed by atoms with Gasteiger partial charge in [-0.15, -0.1) is 0 Å². The Morgan fingerprint density at radius 2 is 1.16 bits per heavy atom. The van der Waals surface area contributed by atoms with Crippen LogP contribution in [-0.2, 0) is 23.7 Å².